The van der Waals surface area contributed by atoms with Crippen molar-refractivity contribution in [2.24, 2.45) is 0 Å². The van der Waals surface area contributed by atoms with Crippen molar-refractivity contribution in [1.29, 1.82) is 0 Å². The van der Waals surface area contributed by atoms with E-state index in [4.69, 9.17) is 9.47 Å². The maximum Gasteiger partial charge on any atom is 0.123 e. The van der Waals surface area contributed by atoms with Crippen LogP contribution in [0.15, 0.2) is 78.9 Å². The number of rotatable bonds is 9. The molecular formula is C27H30FNO3. The van der Waals surface area contributed by atoms with E-state index in [9.17, 15) is 9.50 Å². The molecular weight excluding hydrogens is 405 g/mol. The Labute approximate surface area is 189 Å². The van der Waals surface area contributed by atoms with Crippen molar-refractivity contribution in [2.75, 3.05) is 26.2 Å². The zero-order chi connectivity index (χ0) is 22.2. The molecule has 1 heterocycles. The van der Waals surface area contributed by atoms with Gasteiger partial charge in [0.25, 0.3) is 0 Å². The van der Waals surface area contributed by atoms with Gasteiger partial charge in [-0.05, 0) is 60.4 Å². The minimum absolute atomic E-state index is 0.245. The molecule has 0 aliphatic carbocycles. The van der Waals surface area contributed by atoms with Gasteiger partial charge in [0.15, 0.2) is 0 Å². The van der Waals surface area contributed by atoms with Gasteiger partial charge in [-0.25, -0.2) is 4.39 Å². The lowest BCUT2D eigenvalue weighted by molar-refractivity contribution is -0.0226. The van der Waals surface area contributed by atoms with Crippen LogP contribution in [0.25, 0.3) is 0 Å². The summed E-state index contributed by atoms with van der Waals surface area (Å²) in [6.07, 6.45) is 1.98. The largest absolute Gasteiger partial charge is 0.492 e. The Kier molecular flexibility index (Phi) is 7.40. The van der Waals surface area contributed by atoms with Gasteiger partial charge in [-0.1, -0.05) is 42.5 Å². The molecule has 0 spiro atoms. The molecule has 4 nitrogen and oxygen atoms in total. The van der Waals surface area contributed by atoms with Crippen molar-refractivity contribution in [1.82, 2.24) is 4.90 Å². The molecule has 0 bridgehead atoms. The number of halogens is 1. The van der Waals surface area contributed by atoms with Gasteiger partial charge in [0, 0.05) is 26.1 Å². The first-order valence-electron chi connectivity index (χ1n) is 11.2. The van der Waals surface area contributed by atoms with Crippen LogP contribution < -0.4 is 9.47 Å². The minimum atomic E-state index is -0.717. The Bertz CT molecular complexity index is 952. The molecule has 1 aliphatic rings. The van der Waals surface area contributed by atoms with Gasteiger partial charge >= 0.3 is 0 Å². The van der Waals surface area contributed by atoms with Gasteiger partial charge in [0.1, 0.15) is 30.5 Å². The van der Waals surface area contributed by atoms with Crippen molar-refractivity contribution in [3.8, 4) is 11.5 Å². The predicted octanol–water partition coefficient (Wildman–Crippen LogP) is 4.85. The lowest BCUT2D eigenvalue weighted by Crippen LogP contribution is -2.46. The first kappa shape index (κ1) is 22.3. The van der Waals surface area contributed by atoms with Crippen LogP contribution in [-0.4, -0.2) is 41.8 Å². The van der Waals surface area contributed by atoms with Crippen molar-refractivity contribution in [2.45, 2.75) is 31.5 Å². The van der Waals surface area contributed by atoms with Crippen molar-refractivity contribution < 1.29 is 19.0 Å². The summed E-state index contributed by atoms with van der Waals surface area (Å²) in [7, 11) is 0. The molecule has 5 heteroatoms. The fourth-order valence-corrected chi connectivity index (χ4v) is 4.02. The maximum atomic E-state index is 13.1. The number of hydrogen-bond donors (Lipinski definition) is 1. The normalized spacial score (nSPS) is 15.9. The van der Waals surface area contributed by atoms with Crippen LogP contribution in [0.5, 0.6) is 11.5 Å². The van der Waals surface area contributed by atoms with Crippen LogP contribution in [0.4, 0.5) is 4.39 Å². The summed E-state index contributed by atoms with van der Waals surface area (Å²) in [6.45, 7) is 3.61. The molecule has 0 amide bonds. The molecule has 3 aromatic carbocycles. The molecule has 168 valence electrons. The molecule has 1 saturated heterocycles. The molecule has 32 heavy (non-hydrogen) atoms. The molecule has 0 aromatic heterocycles. The molecule has 1 aliphatic heterocycles. The van der Waals surface area contributed by atoms with Crippen molar-refractivity contribution in [3.05, 3.63) is 95.8 Å². The highest BCUT2D eigenvalue weighted by Gasteiger charge is 2.32. The topological polar surface area (TPSA) is 41.9 Å². The highest BCUT2D eigenvalue weighted by molar-refractivity contribution is 5.31. The van der Waals surface area contributed by atoms with Crippen molar-refractivity contribution in [3.63, 3.8) is 0 Å². The molecule has 1 N–H and O–H groups in total. The van der Waals surface area contributed by atoms with Crippen LogP contribution in [0.3, 0.4) is 0 Å². The highest BCUT2D eigenvalue weighted by atomic mass is 19.1. The van der Waals surface area contributed by atoms with E-state index < -0.39 is 5.60 Å². The van der Waals surface area contributed by atoms with Gasteiger partial charge in [0.05, 0.1) is 5.60 Å². The molecule has 4 rings (SSSR count). The molecule has 0 saturated carbocycles. The van der Waals surface area contributed by atoms with E-state index in [-0.39, 0.29) is 5.82 Å². The molecule has 0 unspecified atom stereocenters. The Morgan fingerprint density at radius 1 is 0.781 bits per heavy atom. The second kappa shape index (κ2) is 10.6. The average molecular weight is 436 g/mol. The zero-order valence-electron chi connectivity index (χ0n) is 18.3. The molecule has 1 fully saturated rings. The van der Waals surface area contributed by atoms with Gasteiger partial charge in [-0.15, -0.1) is 0 Å². The monoisotopic (exact) mass is 435 g/mol. The third kappa shape index (κ3) is 6.55. The standard InChI is InChI=1S/C27H30FNO3/c28-24-8-6-22(7-9-24)20-27(30)14-16-29(17-15-27)18-19-31-25-10-12-26(13-11-25)32-21-23-4-2-1-3-5-23/h1-13,30H,14-21H2. The third-order valence-electron chi connectivity index (χ3n) is 5.98. The summed E-state index contributed by atoms with van der Waals surface area (Å²) in [5.41, 5.74) is 1.39. The molecule has 0 atom stereocenters. The van der Waals surface area contributed by atoms with Crippen LogP contribution in [0.2, 0.25) is 0 Å². The number of likely N-dealkylation sites (tertiary alicyclic amines) is 1. The Hall–Kier alpha value is -2.89. The number of nitrogens with zero attached hydrogens (tertiary/aromatic N) is 1. The molecule has 3 aromatic rings. The van der Waals surface area contributed by atoms with Gasteiger partial charge < -0.3 is 14.6 Å². The first-order valence-corrected chi connectivity index (χ1v) is 11.2. The Balaban J connectivity index is 1.15. The third-order valence-corrected chi connectivity index (χ3v) is 5.98. The van der Waals surface area contributed by atoms with E-state index in [1.54, 1.807) is 12.1 Å². The van der Waals surface area contributed by atoms with Gasteiger partial charge in [0.2, 0.25) is 0 Å². The van der Waals surface area contributed by atoms with Crippen LogP contribution in [-0.2, 0) is 13.0 Å². The zero-order valence-corrected chi connectivity index (χ0v) is 18.3. The van der Waals surface area contributed by atoms with E-state index in [1.807, 2.05) is 54.6 Å². The second-order valence-corrected chi connectivity index (χ2v) is 8.46. The lowest BCUT2D eigenvalue weighted by atomic mass is 9.85. The van der Waals surface area contributed by atoms with Crippen molar-refractivity contribution >= 4 is 0 Å². The average Bonchev–Trinajstić information content (AvgIpc) is 2.82. The number of hydrogen-bond acceptors (Lipinski definition) is 4. The Morgan fingerprint density at radius 2 is 1.41 bits per heavy atom. The molecule has 0 radical (unpaired) electrons. The quantitative estimate of drug-likeness (QED) is 0.522. The highest BCUT2D eigenvalue weighted by Crippen LogP contribution is 2.26. The van der Waals surface area contributed by atoms with E-state index >= 15 is 0 Å². The fraction of sp³-hybridized carbons (Fsp3) is 0.333. The summed E-state index contributed by atoms with van der Waals surface area (Å²) in [4.78, 5) is 2.32. The van der Waals surface area contributed by atoms with E-state index in [0.717, 1.165) is 42.3 Å². The predicted molar refractivity (Wildman–Crippen MR) is 123 cm³/mol. The summed E-state index contributed by atoms with van der Waals surface area (Å²) in [5, 5.41) is 10.9. The number of ether oxygens (including phenoxy) is 2. The Morgan fingerprint density at radius 3 is 2.06 bits per heavy atom. The number of aliphatic hydroxyl groups is 1. The van der Waals surface area contributed by atoms with E-state index in [1.165, 1.54) is 12.1 Å². The van der Waals surface area contributed by atoms with E-state index in [2.05, 4.69) is 4.90 Å². The lowest BCUT2D eigenvalue weighted by Gasteiger charge is -2.38. The second-order valence-electron chi connectivity index (χ2n) is 8.46. The minimum Gasteiger partial charge on any atom is -0.492 e. The maximum absolute atomic E-state index is 13.1. The smallest absolute Gasteiger partial charge is 0.123 e. The SMILES string of the molecule is OC1(Cc2ccc(F)cc2)CCN(CCOc2ccc(OCc3ccccc3)cc2)CC1. The van der Waals surface area contributed by atoms with E-state index in [0.29, 0.717) is 32.5 Å². The number of benzene rings is 3. The van der Waals surface area contributed by atoms with Crippen LogP contribution in [0, 0.1) is 5.82 Å². The van der Waals surface area contributed by atoms with Crippen LogP contribution in [0.1, 0.15) is 24.0 Å². The summed E-state index contributed by atoms with van der Waals surface area (Å²) < 4.78 is 24.8. The fourth-order valence-electron chi connectivity index (χ4n) is 4.02. The van der Waals surface area contributed by atoms with Crippen LogP contribution >= 0.6 is 0 Å². The summed E-state index contributed by atoms with van der Waals surface area (Å²) in [5.74, 6) is 1.39. The summed E-state index contributed by atoms with van der Waals surface area (Å²) in [6, 6.07) is 24.2. The number of piperidine rings is 1. The van der Waals surface area contributed by atoms with Gasteiger partial charge in [-0.3, -0.25) is 4.90 Å². The first-order chi connectivity index (χ1) is 15.6. The van der Waals surface area contributed by atoms with Gasteiger partial charge in [-0.2, -0.15) is 0 Å². The summed E-state index contributed by atoms with van der Waals surface area (Å²) >= 11 is 0.